The summed E-state index contributed by atoms with van der Waals surface area (Å²) in [5.74, 6) is 6.19. The number of hydrogen-bond donors (Lipinski definition) is 2. The zero-order valence-corrected chi connectivity index (χ0v) is 7.99. The van der Waals surface area contributed by atoms with Gasteiger partial charge in [0, 0.05) is 6.04 Å². The summed E-state index contributed by atoms with van der Waals surface area (Å²) < 4.78 is 0. The van der Waals surface area contributed by atoms with Gasteiger partial charge in [0.15, 0.2) is 0 Å². The molecule has 3 N–H and O–H groups in total. The molecule has 1 rings (SSSR count). The molecular formula is C8H19ClN2. The highest BCUT2D eigenvalue weighted by atomic mass is 35.5. The highest BCUT2D eigenvalue weighted by Gasteiger charge is 2.18. The van der Waals surface area contributed by atoms with Crippen LogP contribution in [0.15, 0.2) is 0 Å². The van der Waals surface area contributed by atoms with E-state index in [2.05, 4.69) is 12.3 Å². The lowest BCUT2D eigenvalue weighted by Crippen LogP contribution is -2.39. The van der Waals surface area contributed by atoms with Crippen LogP contribution in [0.5, 0.6) is 0 Å². The summed E-state index contributed by atoms with van der Waals surface area (Å²) in [6.45, 7) is 2.18. The number of hydrogen-bond acceptors (Lipinski definition) is 2. The van der Waals surface area contributed by atoms with Gasteiger partial charge in [-0.2, -0.15) is 0 Å². The standard InChI is InChI=1S/C8H18N2.ClH/c1-7(10-9)8-5-3-2-4-6-8;/h7-8,10H,2-6,9H2,1H3;1H. The molecule has 68 valence electrons. The minimum absolute atomic E-state index is 0. The Kier molecular flexibility index (Phi) is 5.92. The van der Waals surface area contributed by atoms with E-state index in [1.165, 1.54) is 32.1 Å². The number of nitrogens with two attached hydrogens (primary N) is 1. The number of rotatable bonds is 2. The minimum atomic E-state index is 0. The smallest absolute Gasteiger partial charge is 0.0210 e. The van der Waals surface area contributed by atoms with Crippen molar-refractivity contribution in [3.05, 3.63) is 0 Å². The lowest BCUT2D eigenvalue weighted by atomic mass is 9.85. The van der Waals surface area contributed by atoms with Crippen LogP contribution >= 0.6 is 12.4 Å². The van der Waals surface area contributed by atoms with Crippen molar-refractivity contribution in [3.8, 4) is 0 Å². The number of nitrogens with one attached hydrogen (secondary N) is 1. The van der Waals surface area contributed by atoms with Gasteiger partial charge in [0.2, 0.25) is 0 Å². The Morgan fingerprint density at radius 2 is 1.82 bits per heavy atom. The molecule has 1 aliphatic rings. The van der Waals surface area contributed by atoms with Gasteiger partial charge in [-0.25, -0.2) is 0 Å². The van der Waals surface area contributed by atoms with Crippen molar-refractivity contribution in [1.29, 1.82) is 0 Å². The van der Waals surface area contributed by atoms with Gasteiger partial charge in [-0.3, -0.25) is 11.3 Å². The van der Waals surface area contributed by atoms with Crippen LogP contribution < -0.4 is 11.3 Å². The monoisotopic (exact) mass is 178 g/mol. The Balaban J connectivity index is 0.000001000. The van der Waals surface area contributed by atoms with Crippen molar-refractivity contribution in [1.82, 2.24) is 5.43 Å². The molecule has 0 aliphatic heterocycles. The average molecular weight is 179 g/mol. The van der Waals surface area contributed by atoms with E-state index in [1.54, 1.807) is 0 Å². The van der Waals surface area contributed by atoms with Gasteiger partial charge in [0.05, 0.1) is 0 Å². The summed E-state index contributed by atoms with van der Waals surface area (Å²) in [5, 5.41) is 0. The van der Waals surface area contributed by atoms with Crippen molar-refractivity contribution in [2.24, 2.45) is 11.8 Å². The molecule has 1 fully saturated rings. The lowest BCUT2D eigenvalue weighted by Gasteiger charge is -2.26. The fraction of sp³-hybridized carbons (Fsp3) is 1.00. The van der Waals surface area contributed by atoms with Crippen LogP contribution in [0.25, 0.3) is 0 Å². The Labute approximate surface area is 75.3 Å². The van der Waals surface area contributed by atoms with Crippen LogP contribution in [0.4, 0.5) is 0 Å². The first-order valence-electron chi connectivity index (χ1n) is 4.30. The molecule has 0 heterocycles. The van der Waals surface area contributed by atoms with Crippen LogP contribution in [0, 0.1) is 5.92 Å². The molecule has 0 aromatic heterocycles. The molecule has 0 bridgehead atoms. The number of hydrazine groups is 1. The van der Waals surface area contributed by atoms with E-state index in [0.29, 0.717) is 6.04 Å². The van der Waals surface area contributed by atoms with Gasteiger partial charge in [0.25, 0.3) is 0 Å². The molecule has 3 heteroatoms. The quantitative estimate of drug-likeness (QED) is 0.500. The second-order valence-corrected chi connectivity index (χ2v) is 3.35. The predicted octanol–water partition coefficient (Wildman–Crippen LogP) is 1.84. The van der Waals surface area contributed by atoms with Crippen LogP contribution in [-0.2, 0) is 0 Å². The third-order valence-corrected chi connectivity index (χ3v) is 2.62. The van der Waals surface area contributed by atoms with Gasteiger partial charge in [-0.15, -0.1) is 12.4 Å². The molecule has 0 amide bonds. The van der Waals surface area contributed by atoms with Gasteiger partial charge in [-0.1, -0.05) is 19.3 Å². The Morgan fingerprint density at radius 3 is 2.27 bits per heavy atom. The van der Waals surface area contributed by atoms with Crippen molar-refractivity contribution in [2.45, 2.75) is 45.1 Å². The summed E-state index contributed by atoms with van der Waals surface area (Å²) in [7, 11) is 0. The van der Waals surface area contributed by atoms with Gasteiger partial charge in [-0.05, 0) is 25.7 Å². The highest BCUT2D eigenvalue weighted by Crippen LogP contribution is 2.25. The SMILES string of the molecule is CC(NN)C1CCCCC1.Cl. The van der Waals surface area contributed by atoms with Crippen molar-refractivity contribution in [2.75, 3.05) is 0 Å². The van der Waals surface area contributed by atoms with Gasteiger partial charge in [0.1, 0.15) is 0 Å². The van der Waals surface area contributed by atoms with Gasteiger partial charge < -0.3 is 0 Å². The van der Waals surface area contributed by atoms with E-state index in [9.17, 15) is 0 Å². The Morgan fingerprint density at radius 1 is 1.27 bits per heavy atom. The zero-order chi connectivity index (χ0) is 7.40. The first kappa shape index (κ1) is 11.2. The van der Waals surface area contributed by atoms with Crippen LogP contribution in [-0.4, -0.2) is 6.04 Å². The predicted molar refractivity (Wildman–Crippen MR) is 50.6 cm³/mol. The van der Waals surface area contributed by atoms with Crippen molar-refractivity contribution in [3.63, 3.8) is 0 Å². The summed E-state index contributed by atoms with van der Waals surface area (Å²) in [5.41, 5.74) is 2.83. The fourth-order valence-electron chi connectivity index (χ4n) is 1.77. The molecule has 11 heavy (non-hydrogen) atoms. The number of halogens is 1. The van der Waals surface area contributed by atoms with E-state index in [1.807, 2.05) is 0 Å². The van der Waals surface area contributed by atoms with Crippen LogP contribution in [0.2, 0.25) is 0 Å². The third kappa shape index (κ3) is 3.41. The summed E-state index contributed by atoms with van der Waals surface area (Å²) >= 11 is 0. The molecule has 0 saturated heterocycles. The van der Waals surface area contributed by atoms with E-state index in [0.717, 1.165) is 5.92 Å². The van der Waals surface area contributed by atoms with Crippen molar-refractivity contribution >= 4 is 12.4 Å². The largest absolute Gasteiger partial charge is 0.271 e. The maximum absolute atomic E-state index is 5.35. The van der Waals surface area contributed by atoms with Crippen LogP contribution in [0.1, 0.15) is 39.0 Å². The Hall–Kier alpha value is 0.210. The normalized spacial score (nSPS) is 22.4. The van der Waals surface area contributed by atoms with E-state index in [4.69, 9.17) is 5.84 Å². The molecule has 0 radical (unpaired) electrons. The maximum atomic E-state index is 5.35. The maximum Gasteiger partial charge on any atom is 0.0210 e. The molecule has 0 aromatic carbocycles. The first-order valence-corrected chi connectivity index (χ1v) is 4.30. The van der Waals surface area contributed by atoms with E-state index < -0.39 is 0 Å². The average Bonchev–Trinajstić information content (AvgIpc) is 2.05. The van der Waals surface area contributed by atoms with E-state index in [-0.39, 0.29) is 12.4 Å². The Bertz CT molecular complexity index is 92.1. The molecule has 0 spiro atoms. The van der Waals surface area contributed by atoms with E-state index >= 15 is 0 Å². The lowest BCUT2D eigenvalue weighted by molar-refractivity contribution is 0.284. The summed E-state index contributed by atoms with van der Waals surface area (Å²) in [6.07, 6.45) is 6.96. The summed E-state index contributed by atoms with van der Waals surface area (Å²) in [4.78, 5) is 0. The molecule has 2 nitrogen and oxygen atoms in total. The van der Waals surface area contributed by atoms with Gasteiger partial charge >= 0.3 is 0 Å². The van der Waals surface area contributed by atoms with Crippen LogP contribution in [0.3, 0.4) is 0 Å². The zero-order valence-electron chi connectivity index (χ0n) is 7.18. The molecule has 0 aromatic rings. The molecule has 1 atom stereocenters. The fourth-order valence-corrected chi connectivity index (χ4v) is 1.77. The first-order chi connectivity index (χ1) is 4.84. The summed E-state index contributed by atoms with van der Waals surface area (Å²) in [6, 6.07) is 0.514. The topological polar surface area (TPSA) is 38.0 Å². The third-order valence-electron chi connectivity index (χ3n) is 2.62. The molecular weight excluding hydrogens is 160 g/mol. The van der Waals surface area contributed by atoms with Crippen molar-refractivity contribution < 1.29 is 0 Å². The highest BCUT2D eigenvalue weighted by molar-refractivity contribution is 5.85. The molecule has 1 unspecified atom stereocenters. The second-order valence-electron chi connectivity index (χ2n) is 3.35. The second kappa shape index (κ2) is 5.81. The minimum Gasteiger partial charge on any atom is -0.271 e. The molecule has 1 aliphatic carbocycles. The molecule has 1 saturated carbocycles.